The Morgan fingerprint density at radius 3 is 2.77 bits per heavy atom. The molecule has 1 unspecified atom stereocenters. The number of benzene rings is 1. The maximum atomic E-state index is 12.2. The molecule has 0 spiro atoms. The summed E-state index contributed by atoms with van der Waals surface area (Å²) in [5.74, 6) is -0.466. The van der Waals surface area contributed by atoms with E-state index < -0.39 is 23.7 Å². The molecule has 0 aliphatic heterocycles. The Kier molecular flexibility index (Phi) is 5.68. The number of carbonyl (C=O) groups excluding carboxylic acids is 1. The van der Waals surface area contributed by atoms with Crippen molar-refractivity contribution in [3.8, 4) is 17.6 Å². The Morgan fingerprint density at radius 2 is 2.10 bits per heavy atom. The summed E-state index contributed by atoms with van der Waals surface area (Å²) in [7, 11) is 1.60. The summed E-state index contributed by atoms with van der Waals surface area (Å²) < 4.78 is 12.9. The second-order valence-electron chi connectivity index (χ2n) is 8.25. The minimum Gasteiger partial charge on any atom is -0.493 e. The number of nitriles is 1. The molecular formula is C23H25N3O5. The van der Waals surface area contributed by atoms with Crippen LogP contribution in [0.5, 0.6) is 11.5 Å². The lowest BCUT2D eigenvalue weighted by molar-refractivity contribution is -0.136. The van der Waals surface area contributed by atoms with Gasteiger partial charge < -0.3 is 14.6 Å². The van der Waals surface area contributed by atoms with Crippen LogP contribution < -0.4 is 9.47 Å². The monoisotopic (exact) mass is 423 g/mol. The number of fused-ring (bicyclic) bond motifs is 1. The summed E-state index contributed by atoms with van der Waals surface area (Å²) >= 11 is 0. The van der Waals surface area contributed by atoms with Crippen molar-refractivity contribution in [2.45, 2.75) is 62.9 Å². The highest BCUT2D eigenvalue weighted by Gasteiger charge is 2.39. The van der Waals surface area contributed by atoms with Gasteiger partial charge >= 0.3 is 5.97 Å². The van der Waals surface area contributed by atoms with E-state index in [9.17, 15) is 14.9 Å². The van der Waals surface area contributed by atoms with E-state index in [1.54, 1.807) is 13.3 Å². The van der Waals surface area contributed by atoms with E-state index >= 15 is 0 Å². The van der Waals surface area contributed by atoms with Crippen molar-refractivity contribution < 1.29 is 24.2 Å². The molecule has 8 nitrogen and oxygen atoms in total. The van der Waals surface area contributed by atoms with Crippen LogP contribution in [0, 0.1) is 11.3 Å². The van der Waals surface area contributed by atoms with Crippen molar-refractivity contribution in [1.29, 1.82) is 5.26 Å². The van der Waals surface area contributed by atoms with Crippen LogP contribution >= 0.6 is 0 Å². The zero-order valence-corrected chi connectivity index (χ0v) is 17.5. The van der Waals surface area contributed by atoms with Crippen LogP contribution in [0.1, 0.15) is 60.1 Å². The molecule has 0 bridgehead atoms. The van der Waals surface area contributed by atoms with Crippen LogP contribution in [0.2, 0.25) is 0 Å². The average Bonchev–Trinajstić information content (AvgIpc) is 3.42. The highest BCUT2D eigenvalue weighted by Crippen LogP contribution is 2.42. The van der Waals surface area contributed by atoms with E-state index in [1.807, 2.05) is 18.2 Å². The van der Waals surface area contributed by atoms with Gasteiger partial charge in [0.25, 0.3) is 5.91 Å². The number of nitrogens with zero attached hydrogens (tertiary/aromatic N) is 3. The molecule has 8 heteroatoms. The molecular weight excluding hydrogens is 398 g/mol. The van der Waals surface area contributed by atoms with Gasteiger partial charge in [-0.15, -0.1) is 0 Å². The summed E-state index contributed by atoms with van der Waals surface area (Å²) in [4.78, 5) is 23.1. The van der Waals surface area contributed by atoms with Crippen molar-refractivity contribution in [2.24, 2.45) is 0 Å². The first-order valence-electron chi connectivity index (χ1n) is 10.5. The Balaban J connectivity index is 1.63. The van der Waals surface area contributed by atoms with Gasteiger partial charge in [-0.3, -0.25) is 9.59 Å². The van der Waals surface area contributed by atoms with Gasteiger partial charge in [-0.1, -0.05) is 6.07 Å². The lowest BCUT2D eigenvalue weighted by Crippen LogP contribution is -2.33. The number of rotatable bonds is 6. The van der Waals surface area contributed by atoms with E-state index in [1.165, 1.54) is 4.68 Å². The molecule has 2 aliphatic rings. The van der Waals surface area contributed by atoms with Crippen LogP contribution in [0.15, 0.2) is 24.4 Å². The molecule has 1 aromatic carbocycles. The topological polar surface area (TPSA) is 114 Å². The predicted octanol–water partition coefficient (Wildman–Crippen LogP) is 3.28. The van der Waals surface area contributed by atoms with Crippen LogP contribution in [0.25, 0.3) is 0 Å². The molecule has 4 rings (SSSR count). The van der Waals surface area contributed by atoms with Crippen molar-refractivity contribution >= 4 is 11.9 Å². The first kappa shape index (κ1) is 20.9. The Hall–Kier alpha value is -3.34. The maximum Gasteiger partial charge on any atom is 0.312 e. The molecule has 1 fully saturated rings. The van der Waals surface area contributed by atoms with E-state index in [2.05, 4.69) is 11.2 Å². The average molecular weight is 423 g/mol. The SMILES string of the molecule is COc1ccc(C2(C#N)CCc3c(cnn3C(=O)CC(=O)O)C2)cc1OC1CCCC1. The lowest BCUT2D eigenvalue weighted by Gasteiger charge is -2.32. The second-order valence-corrected chi connectivity index (χ2v) is 8.25. The maximum absolute atomic E-state index is 12.2. The Bertz CT molecular complexity index is 1050. The number of aliphatic carboxylic acids is 1. The van der Waals surface area contributed by atoms with Crippen LogP contribution in [0.3, 0.4) is 0 Å². The third-order valence-electron chi connectivity index (χ3n) is 6.30. The number of hydrogen-bond acceptors (Lipinski definition) is 6. The van der Waals surface area contributed by atoms with Gasteiger partial charge in [0.15, 0.2) is 11.5 Å². The summed E-state index contributed by atoms with van der Waals surface area (Å²) in [6, 6.07) is 8.14. The van der Waals surface area contributed by atoms with Gasteiger partial charge in [-0.05, 0) is 68.2 Å². The standard InChI is InChI=1S/C23H25N3O5/c1-30-19-7-6-16(10-20(19)31-17-4-2-3-5-17)23(14-24)9-8-18-15(12-23)13-25-26(18)21(27)11-22(28)29/h6-7,10,13,17H,2-5,8-9,11-12H2,1H3,(H,28,29). The van der Waals surface area contributed by atoms with Crippen LogP contribution in [-0.4, -0.2) is 40.0 Å². The molecule has 31 heavy (non-hydrogen) atoms. The van der Waals surface area contributed by atoms with Crippen molar-refractivity contribution in [2.75, 3.05) is 7.11 Å². The highest BCUT2D eigenvalue weighted by atomic mass is 16.5. The molecule has 2 aromatic rings. The van der Waals surface area contributed by atoms with Gasteiger partial charge in [0.2, 0.25) is 0 Å². The summed E-state index contributed by atoms with van der Waals surface area (Å²) in [5, 5.41) is 23.2. The van der Waals surface area contributed by atoms with E-state index in [0.29, 0.717) is 36.5 Å². The quantitative estimate of drug-likeness (QED) is 0.709. The molecule has 0 saturated heterocycles. The molecule has 2 aliphatic carbocycles. The molecule has 1 N–H and O–H groups in total. The van der Waals surface area contributed by atoms with Gasteiger partial charge in [0.1, 0.15) is 6.42 Å². The molecule has 0 amide bonds. The minimum atomic E-state index is -1.19. The van der Waals surface area contributed by atoms with Crippen molar-refractivity contribution in [3.63, 3.8) is 0 Å². The van der Waals surface area contributed by atoms with Gasteiger partial charge in [0, 0.05) is 0 Å². The molecule has 1 aromatic heterocycles. The smallest absolute Gasteiger partial charge is 0.312 e. The fraction of sp³-hybridized carbons (Fsp3) is 0.478. The summed E-state index contributed by atoms with van der Waals surface area (Å²) in [5.41, 5.74) is 1.55. The summed E-state index contributed by atoms with van der Waals surface area (Å²) in [6.07, 6.45) is 6.82. The van der Waals surface area contributed by atoms with E-state index in [-0.39, 0.29) is 6.10 Å². The number of ether oxygens (including phenoxy) is 2. The van der Waals surface area contributed by atoms with Gasteiger partial charge in [0.05, 0.1) is 36.6 Å². The first-order valence-corrected chi connectivity index (χ1v) is 10.5. The first-order chi connectivity index (χ1) is 15.0. The Morgan fingerprint density at radius 1 is 1.32 bits per heavy atom. The van der Waals surface area contributed by atoms with Crippen molar-refractivity contribution in [1.82, 2.24) is 9.78 Å². The van der Waals surface area contributed by atoms with E-state index in [0.717, 1.165) is 36.8 Å². The normalized spacial score (nSPS) is 20.6. The molecule has 162 valence electrons. The second kappa shape index (κ2) is 8.42. The van der Waals surface area contributed by atoms with Crippen molar-refractivity contribution in [3.05, 3.63) is 41.2 Å². The van der Waals surface area contributed by atoms with Crippen LogP contribution in [0.4, 0.5) is 0 Å². The van der Waals surface area contributed by atoms with Gasteiger partial charge in [-0.2, -0.15) is 10.4 Å². The number of methoxy groups -OCH3 is 1. The van der Waals surface area contributed by atoms with Gasteiger partial charge in [-0.25, -0.2) is 4.68 Å². The minimum absolute atomic E-state index is 0.165. The fourth-order valence-electron chi connectivity index (χ4n) is 4.64. The number of carbonyl (C=O) groups is 2. The highest BCUT2D eigenvalue weighted by molar-refractivity contribution is 5.94. The Labute approximate surface area is 180 Å². The van der Waals surface area contributed by atoms with E-state index in [4.69, 9.17) is 14.6 Å². The number of carboxylic acids is 1. The number of hydrogen-bond donors (Lipinski definition) is 1. The van der Waals surface area contributed by atoms with Crippen LogP contribution in [-0.2, 0) is 23.1 Å². The fourth-order valence-corrected chi connectivity index (χ4v) is 4.64. The largest absolute Gasteiger partial charge is 0.493 e. The molecule has 0 radical (unpaired) electrons. The molecule has 1 saturated carbocycles. The molecule has 1 atom stereocenters. The third-order valence-corrected chi connectivity index (χ3v) is 6.30. The predicted molar refractivity (Wildman–Crippen MR) is 110 cm³/mol. The lowest BCUT2D eigenvalue weighted by atomic mass is 9.70. The summed E-state index contributed by atoms with van der Waals surface area (Å²) in [6.45, 7) is 0. The molecule has 1 heterocycles. The number of aromatic nitrogens is 2. The number of carboxylic acid groups (broad SMARTS) is 1. The zero-order chi connectivity index (χ0) is 22.0. The third kappa shape index (κ3) is 4.00. The zero-order valence-electron chi connectivity index (χ0n) is 17.5.